The first-order valence-corrected chi connectivity index (χ1v) is 5.35. The van der Waals surface area contributed by atoms with E-state index in [0.29, 0.717) is 12.5 Å². The molecular weight excluding hydrogens is 178 g/mol. The largest absolute Gasteiger partial charge is 0.337 e. The summed E-state index contributed by atoms with van der Waals surface area (Å²) < 4.78 is 0. The highest BCUT2D eigenvalue weighted by Gasteiger charge is 2.40. The van der Waals surface area contributed by atoms with E-state index in [-0.39, 0.29) is 11.6 Å². The van der Waals surface area contributed by atoms with Crippen LogP contribution in [0.15, 0.2) is 0 Å². The summed E-state index contributed by atoms with van der Waals surface area (Å²) in [5.41, 5.74) is -0.175. The SMILES string of the molecule is CN1CCCC(C2(C)NCC(=O)N2)C1. The molecule has 0 spiro atoms. The predicted molar refractivity (Wildman–Crippen MR) is 54.8 cm³/mol. The van der Waals surface area contributed by atoms with E-state index in [0.717, 1.165) is 6.54 Å². The summed E-state index contributed by atoms with van der Waals surface area (Å²) in [4.78, 5) is 13.5. The monoisotopic (exact) mass is 197 g/mol. The van der Waals surface area contributed by atoms with Crippen molar-refractivity contribution in [2.24, 2.45) is 5.92 Å². The second-order valence-electron chi connectivity index (χ2n) is 4.71. The number of nitrogens with zero attached hydrogens (tertiary/aromatic N) is 1. The Morgan fingerprint density at radius 3 is 2.93 bits per heavy atom. The van der Waals surface area contributed by atoms with Gasteiger partial charge in [-0.25, -0.2) is 0 Å². The molecule has 2 aliphatic heterocycles. The molecule has 2 aliphatic rings. The summed E-state index contributed by atoms with van der Waals surface area (Å²) in [6.45, 7) is 4.82. The number of hydrogen-bond acceptors (Lipinski definition) is 3. The molecule has 14 heavy (non-hydrogen) atoms. The van der Waals surface area contributed by atoms with E-state index in [9.17, 15) is 4.79 Å². The molecule has 0 aromatic heterocycles. The summed E-state index contributed by atoms with van der Waals surface area (Å²) in [6, 6.07) is 0. The molecule has 2 unspecified atom stereocenters. The Labute approximate surface area is 85.0 Å². The van der Waals surface area contributed by atoms with E-state index in [2.05, 4.69) is 29.5 Å². The van der Waals surface area contributed by atoms with Crippen LogP contribution in [0.4, 0.5) is 0 Å². The third kappa shape index (κ3) is 1.77. The van der Waals surface area contributed by atoms with Crippen molar-refractivity contribution in [3.63, 3.8) is 0 Å². The van der Waals surface area contributed by atoms with Crippen LogP contribution in [-0.4, -0.2) is 43.2 Å². The van der Waals surface area contributed by atoms with Crippen molar-refractivity contribution in [3.05, 3.63) is 0 Å². The second kappa shape index (κ2) is 3.51. The van der Waals surface area contributed by atoms with Gasteiger partial charge < -0.3 is 10.2 Å². The van der Waals surface area contributed by atoms with Crippen molar-refractivity contribution >= 4 is 5.91 Å². The molecule has 0 bridgehead atoms. The van der Waals surface area contributed by atoms with Gasteiger partial charge in [0, 0.05) is 12.5 Å². The van der Waals surface area contributed by atoms with Gasteiger partial charge >= 0.3 is 0 Å². The van der Waals surface area contributed by atoms with Crippen LogP contribution in [0, 0.1) is 5.92 Å². The fourth-order valence-corrected chi connectivity index (χ4v) is 2.53. The van der Waals surface area contributed by atoms with Crippen molar-refractivity contribution in [2.75, 3.05) is 26.7 Å². The molecule has 0 aliphatic carbocycles. The summed E-state index contributed by atoms with van der Waals surface area (Å²) in [5.74, 6) is 0.661. The fraction of sp³-hybridized carbons (Fsp3) is 0.900. The summed E-state index contributed by atoms with van der Waals surface area (Å²) in [7, 11) is 2.15. The van der Waals surface area contributed by atoms with Gasteiger partial charge in [-0.1, -0.05) is 0 Å². The molecule has 0 saturated carbocycles. The third-order valence-electron chi connectivity index (χ3n) is 3.46. The maximum Gasteiger partial charge on any atom is 0.235 e. The van der Waals surface area contributed by atoms with Crippen LogP contribution in [0.1, 0.15) is 19.8 Å². The highest BCUT2D eigenvalue weighted by Crippen LogP contribution is 2.26. The van der Waals surface area contributed by atoms with Crippen LogP contribution in [0.5, 0.6) is 0 Å². The number of carbonyl (C=O) groups is 1. The van der Waals surface area contributed by atoms with Crippen LogP contribution in [0.25, 0.3) is 0 Å². The number of hydrogen-bond donors (Lipinski definition) is 2. The standard InChI is InChI=1S/C10H19N3O/c1-10(11-6-9(14)12-10)8-4-3-5-13(2)7-8/h8,11H,3-7H2,1-2H3,(H,12,14). The molecule has 2 N–H and O–H groups in total. The lowest BCUT2D eigenvalue weighted by Gasteiger charge is -2.40. The summed E-state index contributed by atoms with van der Waals surface area (Å²) in [6.07, 6.45) is 2.43. The van der Waals surface area contributed by atoms with E-state index < -0.39 is 0 Å². The highest BCUT2D eigenvalue weighted by molar-refractivity contribution is 5.81. The van der Waals surface area contributed by atoms with E-state index in [1.54, 1.807) is 0 Å². The predicted octanol–water partition coefficient (Wildman–Crippen LogP) is -0.236. The van der Waals surface area contributed by atoms with E-state index in [4.69, 9.17) is 0 Å². The Morgan fingerprint density at radius 2 is 2.36 bits per heavy atom. The van der Waals surface area contributed by atoms with Gasteiger partial charge in [0.2, 0.25) is 5.91 Å². The molecule has 0 radical (unpaired) electrons. The lowest BCUT2D eigenvalue weighted by atomic mass is 9.87. The topological polar surface area (TPSA) is 44.4 Å². The first-order valence-electron chi connectivity index (χ1n) is 5.35. The van der Waals surface area contributed by atoms with Crippen LogP contribution >= 0.6 is 0 Å². The van der Waals surface area contributed by atoms with Gasteiger partial charge in [0.15, 0.2) is 0 Å². The minimum absolute atomic E-state index is 0.126. The maximum absolute atomic E-state index is 11.2. The molecule has 0 aromatic rings. The first-order chi connectivity index (χ1) is 6.60. The minimum atomic E-state index is -0.175. The van der Waals surface area contributed by atoms with Crippen LogP contribution in [0.2, 0.25) is 0 Å². The van der Waals surface area contributed by atoms with Gasteiger partial charge in [-0.3, -0.25) is 10.1 Å². The van der Waals surface area contributed by atoms with E-state index >= 15 is 0 Å². The molecule has 2 atom stereocenters. The molecule has 4 heteroatoms. The molecular formula is C10H19N3O. The van der Waals surface area contributed by atoms with Crippen LogP contribution < -0.4 is 10.6 Å². The van der Waals surface area contributed by atoms with Crippen molar-refractivity contribution < 1.29 is 4.79 Å². The normalized spacial score (nSPS) is 39.9. The molecule has 80 valence electrons. The molecule has 1 amide bonds. The molecule has 2 fully saturated rings. The van der Waals surface area contributed by atoms with Gasteiger partial charge in [-0.15, -0.1) is 0 Å². The first kappa shape index (κ1) is 9.93. The second-order valence-corrected chi connectivity index (χ2v) is 4.71. The van der Waals surface area contributed by atoms with E-state index in [1.165, 1.54) is 19.4 Å². The maximum atomic E-state index is 11.2. The van der Waals surface area contributed by atoms with Crippen molar-refractivity contribution in [1.29, 1.82) is 0 Å². The van der Waals surface area contributed by atoms with Crippen LogP contribution in [0.3, 0.4) is 0 Å². The molecule has 2 rings (SSSR count). The number of carbonyl (C=O) groups excluding carboxylic acids is 1. The Bertz CT molecular complexity index is 244. The lowest BCUT2D eigenvalue weighted by Crippen LogP contribution is -2.57. The third-order valence-corrected chi connectivity index (χ3v) is 3.46. The number of amides is 1. The van der Waals surface area contributed by atoms with Gasteiger partial charge in [0.1, 0.15) is 0 Å². The number of rotatable bonds is 1. The van der Waals surface area contributed by atoms with Gasteiger partial charge in [-0.2, -0.15) is 0 Å². The van der Waals surface area contributed by atoms with Crippen molar-refractivity contribution in [1.82, 2.24) is 15.5 Å². The Morgan fingerprint density at radius 1 is 1.57 bits per heavy atom. The molecule has 4 nitrogen and oxygen atoms in total. The number of nitrogens with one attached hydrogen (secondary N) is 2. The number of piperidine rings is 1. The highest BCUT2D eigenvalue weighted by atomic mass is 16.2. The summed E-state index contributed by atoms with van der Waals surface area (Å²) >= 11 is 0. The smallest absolute Gasteiger partial charge is 0.235 e. The average molecular weight is 197 g/mol. The Balaban J connectivity index is 2.02. The minimum Gasteiger partial charge on any atom is -0.337 e. The van der Waals surface area contributed by atoms with Gasteiger partial charge in [0.05, 0.1) is 12.2 Å². The van der Waals surface area contributed by atoms with E-state index in [1.807, 2.05) is 0 Å². The van der Waals surface area contributed by atoms with Crippen molar-refractivity contribution in [2.45, 2.75) is 25.4 Å². The molecule has 2 heterocycles. The Kier molecular flexibility index (Phi) is 2.49. The number of likely N-dealkylation sites (tertiary alicyclic amines) is 1. The lowest BCUT2D eigenvalue weighted by molar-refractivity contribution is -0.119. The zero-order valence-corrected chi connectivity index (χ0v) is 8.97. The fourth-order valence-electron chi connectivity index (χ4n) is 2.53. The zero-order chi connectivity index (χ0) is 10.2. The van der Waals surface area contributed by atoms with Crippen LogP contribution in [-0.2, 0) is 4.79 Å². The average Bonchev–Trinajstić information content (AvgIpc) is 2.48. The summed E-state index contributed by atoms with van der Waals surface area (Å²) in [5, 5.41) is 6.33. The Hall–Kier alpha value is -0.610. The van der Waals surface area contributed by atoms with Crippen molar-refractivity contribution in [3.8, 4) is 0 Å². The molecule has 2 saturated heterocycles. The quantitative estimate of drug-likeness (QED) is 0.610. The van der Waals surface area contributed by atoms with Gasteiger partial charge in [-0.05, 0) is 33.4 Å². The zero-order valence-electron chi connectivity index (χ0n) is 8.97. The van der Waals surface area contributed by atoms with Gasteiger partial charge in [0.25, 0.3) is 0 Å². The molecule has 0 aromatic carbocycles.